The van der Waals surface area contributed by atoms with Crippen molar-refractivity contribution in [3.8, 4) is 0 Å². The molecular formula is C11H22O3Si. The molecule has 0 fully saturated rings. The molecule has 0 amide bonds. The number of esters is 1. The van der Waals surface area contributed by atoms with Gasteiger partial charge in [-0.3, -0.25) is 0 Å². The van der Waals surface area contributed by atoms with E-state index in [0.717, 1.165) is 6.04 Å². The SMILES string of the molecule is C=C(C)C(=O)OCC[Si](C)(C)OC(C)C. The zero-order valence-corrected chi connectivity index (χ0v) is 11.4. The Labute approximate surface area is 93.6 Å². The van der Waals surface area contributed by atoms with Crippen molar-refractivity contribution in [1.82, 2.24) is 0 Å². The Kier molecular flexibility index (Phi) is 5.83. The van der Waals surface area contributed by atoms with E-state index in [1.54, 1.807) is 6.92 Å². The maximum atomic E-state index is 11.1. The molecule has 0 aliphatic rings. The Hall–Kier alpha value is -0.613. The lowest BCUT2D eigenvalue weighted by atomic mass is 10.4. The van der Waals surface area contributed by atoms with E-state index < -0.39 is 8.32 Å². The molecular weight excluding hydrogens is 208 g/mol. The first-order valence-corrected chi connectivity index (χ1v) is 8.36. The highest BCUT2D eigenvalue weighted by atomic mass is 28.4. The van der Waals surface area contributed by atoms with Crippen molar-refractivity contribution in [1.29, 1.82) is 0 Å². The van der Waals surface area contributed by atoms with Gasteiger partial charge in [-0.1, -0.05) is 6.58 Å². The van der Waals surface area contributed by atoms with Gasteiger partial charge in [-0.05, 0) is 33.9 Å². The van der Waals surface area contributed by atoms with Gasteiger partial charge in [-0.15, -0.1) is 0 Å². The summed E-state index contributed by atoms with van der Waals surface area (Å²) < 4.78 is 10.8. The normalized spacial score (nSPS) is 11.6. The van der Waals surface area contributed by atoms with Crippen molar-refractivity contribution in [2.24, 2.45) is 0 Å². The van der Waals surface area contributed by atoms with Crippen molar-refractivity contribution in [2.45, 2.75) is 46.0 Å². The minimum Gasteiger partial charge on any atom is -0.463 e. The summed E-state index contributed by atoms with van der Waals surface area (Å²) in [4.78, 5) is 11.1. The van der Waals surface area contributed by atoms with Crippen molar-refractivity contribution < 1.29 is 14.0 Å². The van der Waals surface area contributed by atoms with Crippen molar-refractivity contribution in [3.63, 3.8) is 0 Å². The van der Waals surface area contributed by atoms with E-state index in [1.807, 2.05) is 13.8 Å². The summed E-state index contributed by atoms with van der Waals surface area (Å²) in [5.74, 6) is -0.315. The maximum Gasteiger partial charge on any atom is 0.333 e. The second-order valence-electron chi connectivity index (χ2n) is 4.59. The minimum atomic E-state index is -1.67. The summed E-state index contributed by atoms with van der Waals surface area (Å²) in [6.45, 7) is 13.9. The van der Waals surface area contributed by atoms with E-state index in [1.165, 1.54) is 0 Å². The van der Waals surface area contributed by atoms with Crippen LogP contribution in [0.1, 0.15) is 20.8 Å². The Balaban J connectivity index is 3.84. The second-order valence-corrected chi connectivity index (χ2v) is 8.85. The molecule has 0 radical (unpaired) electrons. The monoisotopic (exact) mass is 230 g/mol. The first kappa shape index (κ1) is 14.4. The Bertz CT molecular complexity index is 234. The lowest BCUT2D eigenvalue weighted by molar-refractivity contribution is -0.138. The molecule has 0 N–H and O–H groups in total. The first-order valence-electron chi connectivity index (χ1n) is 5.25. The highest BCUT2D eigenvalue weighted by molar-refractivity contribution is 6.71. The molecule has 0 saturated carbocycles. The summed E-state index contributed by atoms with van der Waals surface area (Å²) in [7, 11) is -1.67. The maximum absolute atomic E-state index is 11.1. The number of ether oxygens (including phenoxy) is 1. The molecule has 0 bridgehead atoms. The minimum absolute atomic E-state index is 0.239. The quantitative estimate of drug-likeness (QED) is 0.400. The number of hydrogen-bond acceptors (Lipinski definition) is 3. The van der Waals surface area contributed by atoms with Crippen LogP contribution >= 0.6 is 0 Å². The van der Waals surface area contributed by atoms with Crippen LogP contribution in [0.15, 0.2) is 12.2 Å². The van der Waals surface area contributed by atoms with Crippen LogP contribution in [0.3, 0.4) is 0 Å². The van der Waals surface area contributed by atoms with Gasteiger partial charge in [0.15, 0.2) is 8.32 Å². The van der Waals surface area contributed by atoms with E-state index in [0.29, 0.717) is 12.2 Å². The predicted octanol–water partition coefficient (Wildman–Crippen LogP) is 2.74. The fraction of sp³-hybridized carbons (Fsp3) is 0.727. The third-order valence-electron chi connectivity index (χ3n) is 1.84. The highest BCUT2D eigenvalue weighted by Crippen LogP contribution is 2.13. The van der Waals surface area contributed by atoms with Crippen LogP contribution in [0.2, 0.25) is 19.1 Å². The first-order chi connectivity index (χ1) is 6.74. The number of carbonyl (C=O) groups excluding carboxylic acids is 1. The van der Waals surface area contributed by atoms with E-state index in [-0.39, 0.29) is 12.1 Å². The zero-order chi connectivity index (χ0) is 12.1. The molecule has 0 spiro atoms. The summed E-state index contributed by atoms with van der Waals surface area (Å²) >= 11 is 0. The van der Waals surface area contributed by atoms with Gasteiger partial charge in [-0.25, -0.2) is 4.79 Å². The van der Waals surface area contributed by atoms with Crippen molar-refractivity contribution in [2.75, 3.05) is 6.61 Å². The summed E-state index contributed by atoms with van der Waals surface area (Å²) in [6, 6.07) is 0.824. The molecule has 3 nitrogen and oxygen atoms in total. The largest absolute Gasteiger partial charge is 0.463 e. The number of rotatable bonds is 6. The van der Waals surface area contributed by atoms with Gasteiger partial charge in [0.2, 0.25) is 0 Å². The molecule has 0 aromatic rings. The average Bonchev–Trinajstić information content (AvgIpc) is 2.00. The van der Waals surface area contributed by atoms with Crippen LogP contribution in [-0.4, -0.2) is 27.0 Å². The van der Waals surface area contributed by atoms with Crippen LogP contribution < -0.4 is 0 Å². The van der Waals surface area contributed by atoms with Crippen LogP contribution in [0, 0.1) is 0 Å². The summed E-state index contributed by atoms with van der Waals surface area (Å²) in [5.41, 5.74) is 0.444. The molecule has 0 unspecified atom stereocenters. The molecule has 0 rings (SSSR count). The van der Waals surface area contributed by atoms with E-state index in [4.69, 9.17) is 9.16 Å². The van der Waals surface area contributed by atoms with Crippen LogP contribution in [-0.2, 0) is 14.0 Å². The topological polar surface area (TPSA) is 35.5 Å². The zero-order valence-electron chi connectivity index (χ0n) is 10.4. The van der Waals surface area contributed by atoms with E-state index in [2.05, 4.69) is 19.7 Å². The van der Waals surface area contributed by atoms with E-state index >= 15 is 0 Å². The molecule has 4 heteroatoms. The van der Waals surface area contributed by atoms with Crippen LogP contribution in [0.4, 0.5) is 0 Å². The standard InChI is InChI=1S/C11H22O3Si/c1-9(2)11(12)13-7-8-15(5,6)14-10(3)4/h10H,1,7-8H2,2-6H3. The van der Waals surface area contributed by atoms with Gasteiger partial charge in [-0.2, -0.15) is 0 Å². The number of hydrogen-bond donors (Lipinski definition) is 0. The predicted molar refractivity (Wildman–Crippen MR) is 64.3 cm³/mol. The van der Waals surface area contributed by atoms with Crippen LogP contribution in [0.5, 0.6) is 0 Å². The van der Waals surface area contributed by atoms with Gasteiger partial charge >= 0.3 is 5.97 Å². The van der Waals surface area contributed by atoms with E-state index in [9.17, 15) is 4.79 Å². The summed E-state index contributed by atoms with van der Waals surface area (Å²) in [6.07, 6.45) is 0.239. The molecule has 0 aromatic heterocycles. The average molecular weight is 230 g/mol. The Morgan fingerprint density at radius 3 is 2.33 bits per heavy atom. The van der Waals surface area contributed by atoms with Crippen molar-refractivity contribution >= 4 is 14.3 Å². The molecule has 0 aliphatic carbocycles. The lowest BCUT2D eigenvalue weighted by Gasteiger charge is -2.25. The fourth-order valence-electron chi connectivity index (χ4n) is 1.21. The highest BCUT2D eigenvalue weighted by Gasteiger charge is 2.24. The Morgan fingerprint density at radius 1 is 1.40 bits per heavy atom. The number of carbonyl (C=O) groups is 1. The third kappa shape index (κ3) is 7.33. The van der Waals surface area contributed by atoms with Gasteiger partial charge in [0.25, 0.3) is 0 Å². The smallest absolute Gasteiger partial charge is 0.333 e. The molecule has 15 heavy (non-hydrogen) atoms. The summed E-state index contributed by atoms with van der Waals surface area (Å²) in [5, 5.41) is 0. The second kappa shape index (κ2) is 6.08. The Morgan fingerprint density at radius 2 is 1.93 bits per heavy atom. The lowest BCUT2D eigenvalue weighted by Crippen LogP contribution is -2.34. The molecule has 0 aromatic carbocycles. The third-order valence-corrected chi connectivity index (χ3v) is 4.36. The molecule has 88 valence electrons. The van der Waals surface area contributed by atoms with Gasteiger partial charge in [0, 0.05) is 17.7 Å². The van der Waals surface area contributed by atoms with Gasteiger partial charge < -0.3 is 9.16 Å². The van der Waals surface area contributed by atoms with Crippen LogP contribution in [0.25, 0.3) is 0 Å². The molecule has 0 atom stereocenters. The van der Waals surface area contributed by atoms with Crippen molar-refractivity contribution in [3.05, 3.63) is 12.2 Å². The van der Waals surface area contributed by atoms with Gasteiger partial charge in [0.1, 0.15) is 0 Å². The van der Waals surface area contributed by atoms with Gasteiger partial charge in [0.05, 0.1) is 6.61 Å². The molecule has 0 saturated heterocycles. The fourth-order valence-corrected chi connectivity index (χ4v) is 3.20. The molecule has 0 aliphatic heterocycles. The molecule has 0 heterocycles.